The Hall–Kier alpha value is -3.30. The summed E-state index contributed by atoms with van der Waals surface area (Å²) in [6, 6.07) is 5.09. The molecular formula is C14H15N5O5. The number of nitrogens with one attached hydrogen (secondary N) is 2. The molecule has 0 unspecified atom stereocenters. The van der Waals surface area contributed by atoms with Gasteiger partial charge in [0, 0.05) is 11.8 Å². The number of carbonyl (C=O) groups excluding carboxylic acids is 2. The number of hydrogen-bond acceptors (Lipinski definition) is 7. The number of aromatic nitrogens is 3. The molecule has 1 aromatic heterocycles. The quantitative estimate of drug-likeness (QED) is 0.844. The summed E-state index contributed by atoms with van der Waals surface area (Å²) in [5.41, 5.74) is 0.571. The molecule has 126 valence electrons. The van der Waals surface area contributed by atoms with Crippen LogP contribution in [0.25, 0.3) is 0 Å². The number of fused-ring (bicyclic) bond motifs is 1. The Morgan fingerprint density at radius 1 is 1.29 bits per heavy atom. The first-order valence-corrected chi connectivity index (χ1v) is 7.17. The first kappa shape index (κ1) is 15.6. The van der Waals surface area contributed by atoms with Gasteiger partial charge in [0.05, 0.1) is 12.8 Å². The summed E-state index contributed by atoms with van der Waals surface area (Å²) in [6.45, 7) is 1.99. The topological polar surface area (TPSA) is 117 Å². The van der Waals surface area contributed by atoms with Crippen molar-refractivity contribution < 1.29 is 23.8 Å². The van der Waals surface area contributed by atoms with E-state index in [1.165, 1.54) is 6.20 Å². The number of hydrogen-bond donors (Lipinski definition) is 2. The normalized spacial score (nSPS) is 11.9. The minimum atomic E-state index is -0.630. The van der Waals surface area contributed by atoms with Crippen molar-refractivity contribution in [2.45, 2.75) is 13.5 Å². The summed E-state index contributed by atoms with van der Waals surface area (Å²) < 4.78 is 15.2. The van der Waals surface area contributed by atoms with Gasteiger partial charge in [0.2, 0.25) is 12.7 Å². The van der Waals surface area contributed by atoms with Crippen molar-refractivity contribution in [3.05, 3.63) is 24.4 Å². The highest BCUT2D eigenvalue weighted by atomic mass is 16.7. The second-order valence-electron chi connectivity index (χ2n) is 4.72. The Kier molecular flexibility index (Phi) is 4.45. The summed E-state index contributed by atoms with van der Waals surface area (Å²) in [5.74, 6) is 1.08. The van der Waals surface area contributed by atoms with E-state index in [0.29, 0.717) is 17.2 Å². The molecule has 2 amide bonds. The van der Waals surface area contributed by atoms with Gasteiger partial charge >= 0.3 is 6.09 Å². The van der Waals surface area contributed by atoms with Crippen LogP contribution in [0.3, 0.4) is 0 Å². The second-order valence-corrected chi connectivity index (χ2v) is 4.72. The van der Waals surface area contributed by atoms with Gasteiger partial charge in [-0.25, -0.2) is 4.79 Å². The van der Waals surface area contributed by atoms with Crippen LogP contribution in [0.15, 0.2) is 24.4 Å². The average Bonchev–Trinajstić information content (AvgIpc) is 3.16. The molecule has 2 aromatic rings. The third-order valence-electron chi connectivity index (χ3n) is 2.98. The van der Waals surface area contributed by atoms with Gasteiger partial charge in [0.15, 0.2) is 17.3 Å². The summed E-state index contributed by atoms with van der Waals surface area (Å²) >= 11 is 0. The number of anilines is 2. The van der Waals surface area contributed by atoms with E-state index in [-0.39, 0.29) is 31.7 Å². The summed E-state index contributed by atoms with van der Waals surface area (Å²) in [6.07, 6.45) is 0.694. The molecule has 10 nitrogen and oxygen atoms in total. The van der Waals surface area contributed by atoms with Crippen LogP contribution in [0.1, 0.15) is 6.92 Å². The van der Waals surface area contributed by atoms with Crippen molar-refractivity contribution in [2.24, 2.45) is 0 Å². The number of benzene rings is 1. The van der Waals surface area contributed by atoms with Gasteiger partial charge in [0.25, 0.3) is 0 Å². The highest BCUT2D eigenvalue weighted by molar-refractivity contribution is 5.91. The lowest BCUT2D eigenvalue weighted by Crippen LogP contribution is -2.20. The SMILES string of the molecule is CCOC(=O)Nc1cnn(CC(=O)Nc2ccc3c(c2)OCO3)n1. The molecule has 0 saturated heterocycles. The van der Waals surface area contributed by atoms with Crippen molar-refractivity contribution in [1.82, 2.24) is 15.0 Å². The fourth-order valence-electron chi connectivity index (χ4n) is 2.01. The van der Waals surface area contributed by atoms with E-state index in [2.05, 4.69) is 20.8 Å². The van der Waals surface area contributed by atoms with E-state index in [0.717, 1.165) is 4.80 Å². The van der Waals surface area contributed by atoms with E-state index in [1.807, 2.05) is 0 Å². The number of amides is 2. The average molecular weight is 333 g/mol. The third kappa shape index (κ3) is 3.72. The molecule has 1 aliphatic heterocycles. The van der Waals surface area contributed by atoms with Gasteiger partial charge < -0.3 is 19.5 Å². The highest BCUT2D eigenvalue weighted by Crippen LogP contribution is 2.34. The molecule has 24 heavy (non-hydrogen) atoms. The molecule has 0 radical (unpaired) electrons. The van der Waals surface area contributed by atoms with Gasteiger partial charge in [-0.1, -0.05) is 0 Å². The Balaban J connectivity index is 1.55. The number of rotatable bonds is 5. The molecule has 0 bridgehead atoms. The van der Waals surface area contributed by atoms with E-state index in [1.54, 1.807) is 25.1 Å². The highest BCUT2D eigenvalue weighted by Gasteiger charge is 2.15. The molecule has 0 saturated carbocycles. The van der Waals surface area contributed by atoms with E-state index < -0.39 is 6.09 Å². The lowest BCUT2D eigenvalue weighted by molar-refractivity contribution is -0.117. The standard InChI is InChI=1S/C14H15N5O5/c1-2-22-14(21)17-12-6-15-19(18-12)7-13(20)16-9-3-4-10-11(5-9)24-8-23-10/h3-6H,2,7-8H2,1H3,(H,16,20)(H,17,18,21). The fraction of sp³-hybridized carbons (Fsp3) is 0.286. The monoisotopic (exact) mass is 333 g/mol. The van der Waals surface area contributed by atoms with Crippen LogP contribution in [0.5, 0.6) is 11.5 Å². The van der Waals surface area contributed by atoms with Crippen molar-refractivity contribution in [1.29, 1.82) is 0 Å². The lowest BCUT2D eigenvalue weighted by atomic mass is 10.3. The van der Waals surface area contributed by atoms with Crippen molar-refractivity contribution in [2.75, 3.05) is 24.0 Å². The molecular weight excluding hydrogens is 318 g/mol. The lowest BCUT2D eigenvalue weighted by Gasteiger charge is -2.05. The zero-order valence-electron chi connectivity index (χ0n) is 12.8. The third-order valence-corrected chi connectivity index (χ3v) is 2.98. The molecule has 2 heterocycles. The minimum absolute atomic E-state index is 0.112. The number of ether oxygens (including phenoxy) is 3. The van der Waals surface area contributed by atoms with Crippen LogP contribution < -0.4 is 20.1 Å². The Bertz CT molecular complexity index is 760. The zero-order valence-corrected chi connectivity index (χ0v) is 12.8. The van der Waals surface area contributed by atoms with Crippen LogP contribution in [-0.2, 0) is 16.1 Å². The molecule has 1 aliphatic rings. The van der Waals surface area contributed by atoms with Crippen LogP contribution in [0.4, 0.5) is 16.3 Å². The summed E-state index contributed by atoms with van der Waals surface area (Å²) in [5, 5.41) is 13.0. The van der Waals surface area contributed by atoms with Crippen LogP contribution >= 0.6 is 0 Å². The van der Waals surface area contributed by atoms with Crippen LogP contribution in [0.2, 0.25) is 0 Å². The largest absolute Gasteiger partial charge is 0.454 e. The Morgan fingerprint density at radius 2 is 2.12 bits per heavy atom. The predicted molar refractivity (Wildman–Crippen MR) is 81.9 cm³/mol. The molecule has 0 aliphatic carbocycles. The summed E-state index contributed by atoms with van der Waals surface area (Å²) in [7, 11) is 0. The maximum absolute atomic E-state index is 12.0. The first-order chi connectivity index (χ1) is 11.6. The number of carbonyl (C=O) groups is 2. The molecule has 0 spiro atoms. The molecule has 0 fully saturated rings. The van der Waals surface area contributed by atoms with E-state index in [4.69, 9.17) is 14.2 Å². The molecule has 3 rings (SSSR count). The molecule has 10 heteroatoms. The van der Waals surface area contributed by atoms with Gasteiger partial charge in [0.1, 0.15) is 6.54 Å². The predicted octanol–water partition coefficient (Wildman–Crippen LogP) is 1.21. The maximum atomic E-state index is 12.0. The fourth-order valence-corrected chi connectivity index (χ4v) is 2.01. The van der Waals surface area contributed by atoms with Gasteiger partial charge in [-0.3, -0.25) is 10.1 Å². The van der Waals surface area contributed by atoms with Crippen molar-refractivity contribution >= 4 is 23.5 Å². The summed E-state index contributed by atoms with van der Waals surface area (Å²) in [4.78, 5) is 24.4. The van der Waals surface area contributed by atoms with Gasteiger partial charge in [-0.15, -0.1) is 5.10 Å². The van der Waals surface area contributed by atoms with E-state index in [9.17, 15) is 9.59 Å². The molecule has 0 atom stereocenters. The van der Waals surface area contributed by atoms with Crippen LogP contribution in [-0.4, -0.2) is 40.4 Å². The minimum Gasteiger partial charge on any atom is -0.454 e. The van der Waals surface area contributed by atoms with Gasteiger partial charge in [-0.2, -0.15) is 9.90 Å². The first-order valence-electron chi connectivity index (χ1n) is 7.17. The Labute approximate surface area is 136 Å². The van der Waals surface area contributed by atoms with Gasteiger partial charge in [-0.05, 0) is 19.1 Å². The van der Waals surface area contributed by atoms with Crippen molar-refractivity contribution in [3.63, 3.8) is 0 Å². The smallest absolute Gasteiger partial charge is 0.412 e. The molecule has 2 N–H and O–H groups in total. The Morgan fingerprint density at radius 3 is 2.96 bits per heavy atom. The maximum Gasteiger partial charge on any atom is 0.412 e. The van der Waals surface area contributed by atoms with Crippen molar-refractivity contribution in [3.8, 4) is 11.5 Å². The van der Waals surface area contributed by atoms with E-state index >= 15 is 0 Å². The second kappa shape index (κ2) is 6.86. The number of nitrogens with zero attached hydrogens (tertiary/aromatic N) is 3. The molecule has 1 aromatic carbocycles. The zero-order chi connectivity index (χ0) is 16.9. The van der Waals surface area contributed by atoms with Crippen LogP contribution in [0, 0.1) is 0 Å².